The van der Waals surface area contributed by atoms with E-state index in [9.17, 15) is 4.79 Å². The van der Waals surface area contributed by atoms with Gasteiger partial charge in [-0.05, 0) is 86.9 Å². The number of anilines is 1. The van der Waals surface area contributed by atoms with E-state index < -0.39 is 0 Å². The number of nitrogens with one attached hydrogen (secondary N) is 1. The minimum Gasteiger partial charge on any atom is -0.455 e. The normalized spacial score (nSPS) is 14.7. The lowest BCUT2D eigenvalue weighted by molar-refractivity contribution is 0.0992. The number of carbonyl (C=O) groups excluding carboxylic acids is 1. The summed E-state index contributed by atoms with van der Waals surface area (Å²) in [6.45, 7) is 5.06. The first kappa shape index (κ1) is 20.0. The SMILES string of the molecule is Cc1ccc2nc(-c3ccc(NC(=O)c4ccc(CN5CCCCC5)o4)cc3)sc2c1. The summed E-state index contributed by atoms with van der Waals surface area (Å²) in [4.78, 5) is 19.7. The molecule has 0 atom stereocenters. The smallest absolute Gasteiger partial charge is 0.291 e. The number of aryl methyl sites for hydroxylation is 1. The molecular weight excluding hydrogens is 406 g/mol. The average molecular weight is 432 g/mol. The summed E-state index contributed by atoms with van der Waals surface area (Å²) in [5.74, 6) is 0.958. The van der Waals surface area contributed by atoms with Crippen LogP contribution < -0.4 is 5.32 Å². The van der Waals surface area contributed by atoms with Gasteiger partial charge in [-0.2, -0.15) is 0 Å². The summed E-state index contributed by atoms with van der Waals surface area (Å²) < 4.78 is 6.98. The van der Waals surface area contributed by atoms with Gasteiger partial charge in [0.2, 0.25) is 0 Å². The number of hydrogen-bond donors (Lipinski definition) is 1. The summed E-state index contributed by atoms with van der Waals surface area (Å²) in [5, 5.41) is 3.90. The molecule has 0 unspecified atom stereocenters. The standard InChI is InChI=1S/C25H25N3O2S/c1-17-5-11-21-23(15-17)31-25(27-21)18-6-8-19(9-7-18)26-24(29)22-12-10-20(30-22)16-28-13-3-2-4-14-28/h5-12,15H,2-4,13-14,16H2,1H3,(H,26,29). The molecule has 1 aliphatic heterocycles. The molecule has 5 rings (SSSR count). The molecule has 1 fully saturated rings. The summed E-state index contributed by atoms with van der Waals surface area (Å²) in [6.07, 6.45) is 3.78. The Morgan fingerprint density at radius 1 is 1.06 bits per heavy atom. The Labute approximate surface area is 185 Å². The largest absolute Gasteiger partial charge is 0.455 e. The second-order valence-corrected chi connectivity index (χ2v) is 9.16. The zero-order valence-corrected chi connectivity index (χ0v) is 18.4. The molecule has 1 saturated heterocycles. The van der Waals surface area contributed by atoms with Gasteiger partial charge in [0.05, 0.1) is 16.8 Å². The summed E-state index contributed by atoms with van der Waals surface area (Å²) in [7, 11) is 0. The van der Waals surface area contributed by atoms with Crippen LogP contribution in [0.25, 0.3) is 20.8 Å². The number of hydrogen-bond acceptors (Lipinski definition) is 5. The number of rotatable bonds is 5. The van der Waals surface area contributed by atoms with Crippen LogP contribution in [0.5, 0.6) is 0 Å². The van der Waals surface area contributed by atoms with Crippen molar-refractivity contribution in [2.45, 2.75) is 32.7 Å². The molecule has 2 aromatic heterocycles. The van der Waals surface area contributed by atoms with Crippen LogP contribution in [-0.2, 0) is 6.54 Å². The van der Waals surface area contributed by atoms with Crippen LogP contribution in [0, 0.1) is 6.92 Å². The van der Waals surface area contributed by atoms with E-state index in [1.165, 1.54) is 29.5 Å². The Kier molecular flexibility index (Phi) is 5.57. The second-order valence-electron chi connectivity index (χ2n) is 8.12. The van der Waals surface area contributed by atoms with Crippen molar-refractivity contribution in [1.29, 1.82) is 0 Å². The van der Waals surface area contributed by atoms with E-state index in [-0.39, 0.29) is 5.91 Å². The minimum absolute atomic E-state index is 0.229. The maximum atomic E-state index is 12.6. The van der Waals surface area contributed by atoms with Crippen molar-refractivity contribution in [3.8, 4) is 10.6 Å². The highest BCUT2D eigenvalue weighted by atomic mass is 32.1. The van der Waals surface area contributed by atoms with E-state index in [2.05, 4.69) is 35.3 Å². The predicted molar refractivity (Wildman–Crippen MR) is 126 cm³/mol. The molecule has 0 saturated carbocycles. The number of amides is 1. The van der Waals surface area contributed by atoms with Gasteiger partial charge in [-0.1, -0.05) is 12.5 Å². The highest BCUT2D eigenvalue weighted by molar-refractivity contribution is 7.21. The highest BCUT2D eigenvalue weighted by Crippen LogP contribution is 2.31. The van der Waals surface area contributed by atoms with Crippen LogP contribution in [0.3, 0.4) is 0 Å². The van der Waals surface area contributed by atoms with E-state index in [1.54, 1.807) is 17.4 Å². The van der Waals surface area contributed by atoms with Crippen LogP contribution in [0.4, 0.5) is 5.69 Å². The fourth-order valence-electron chi connectivity index (χ4n) is 3.97. The van der Waals surface area contributed by atoms with E-state index >= 15 is 0 Å². The van der Waals surface area contributed by atoms with Gasteiger partial charge in [0, 0.05) is 11.3 Å². The first-order valence-corrected chi connectivity index (χ1v) is 11.6. The number of likely N-dealkylation sites (tertiary alicyclic amines) is 1. The lowest BCUT2D eigenvalue weighted by Crippen LogP contribution is -2.28. The van der Waals surface area contributed by atoms with Crippen molar-refractivity contribution >= 4 is 33.1 Å². The van der Waals surface area contributed by atoms with Crippen LogP contribution >= 0.6 is 11.3 Å². The van der Waals surface area contributed by atoms with Crippen molar-refractivity contribution in [1.82, 2.24) is 9.88 Å². The maximum Gasteiger partial charge on any atom is 0.291 e. The Morgan fingerprint density at radius 3 is 2.68 bits per heavy atom. The predicted octanol–water partition coefficient (Wildman–Crippen LogP) is 6.10. The minimum atomic E-state index is -0.229. The van der Waals surface area contributed by atoms with Crippen molar-refractivity contribution in [2.75, 3.05) is 18.4 Å². The van der Waals surface area contributed by atoms with Gasteiger partial charge in [0.15, 0.2) is 5.76 Å². The molecule has 1 N–H and O–H groups in total. The Hall–Kier alpha value is -2.96. The molecule has 1 aliphatic rings. The van der Waals surface area contributed by atoms with Crippen LogP contribution in [-0.4, -0.2) is 28.9 Å². The lowest BCUT2D eigenvalue weighted by Gasteiger charge is -2.25. The molecule has 5 nitrogen and oxygen atoms in total. The van der Waals surface area contributed by atoms with Gasteiger partial charge in [0.25, 0.3) is 5.91 Å². The van der Waals surface area contributed by atoms with Crippen LogP contribution in [0.2, 0.25) is 0 Å². The van der Waals surface area contributed by atoms with Crippen LogP contribution in [0.15, 0.2) is 59.0 Å². The van der Waals surface area contributed by atoms with Crippen molar-refractivity contribution < 1.29 is 9.21 Å². The molecule has 0 bridgehead atoms. The molecule has 0 radical (unpaired) electrons. The molecule has 3 heterocycles. The molecule has 0 spiro atoms. The highest BCUT2D eigenvalue weighted by Gasteiger charge is 2.16. The third-order valence-electron chi connectivity index (χ3n) is 5.65. The number of furan rings is 1. The third-order valence-corrected chi connectivity index (χ3v) is 6.71. The number of fused-ring (bicyclic) bond motifs is 1. The molecule has 0 aliphatic carbocycles. The molecule has 31 heavy (non-hydrogen) atoms. The fraction of sp³-hybridized carbons (Fsp3) is 0.280. The zero-order valence-electron chi connectivity index (χ0n) is 17.6. The van der Waals surface area contributed by atoms with Crippen molar-refractivity contribution in [3.63, 3.8) is 0 Å². The summed E-state index contributed by atoms with van der Waals surface area (Å²) >= 11 is 1.68. The quantitative estimate of drug-likeness (QED) is 0.415. The molecule has 158 valence electrons. The monoisotopic (exact) mass is 431 g/mol. The molecule has 2 aromatic carbocycles. The number of benzene rings is 2. The number of piperidine rings is 1. The molecule has 4 aromatic rings. The van der Waals surface area contributed by atoms with E-state index in [0.29, 0.717) is 5.76 Å². The third kappa shape index (κ3) is 4.55. The topological polar surface area (TPSA) is 58.4 Å². The lowest BCUT2D eigenvalue weighted by atomic mass is 10.1. The second kappa shape index (κ2) is 8.65. The fourth-order valence-corrected chi connectivity index (χ4v) is 5.04. The Bertz CT molecular complexity index is 1200. The van der Waals surface area contributed by atoms with E-state index in [4.69, 9.17) is 9.40 Å². The number of nitrogens with zero attached hydrogens (tertiary/aromatic N) is 2. The first-order chi connectivity index (χ1) is 15.1. The van der Waals surface area contributed by atoms with E-state index in [0.717, 1.165) is 47.2 Å². The number of aromatic nitrogens is 1. The average Bonchev–Trinajstić information content (AvgIpc) is 3.42. The van der Waals surface area contributed by atoms with Gasteiger partial charge in [-0.25, -0.2) is 4.98 Å². The maximum absolute atomic E-state index is 12.6. The van der Waals surface area contributed by atoms with Gasteiger partial charge < -0.3 is 9.73 Å². The van der Waals surface area contributed by atoms with Gasteiger partial charge in [-0.3, -0.25) is 9.69 Å². The zero-order chi connectivity index (χ0) is 21.2. The van der Waals surface area contributed by atoms with Crippen molar-refractivity contribution in [3.05, 3.63) is 71.7 Å². The number of thiazole rings is 1. The molecule has 6 heteroatoms. The Balaban J connectivity index is 1.24. The Morgan fingerprint density at radius 2 is 1.87 bits per heavy atom. The molecular formula is C25H25N3O2S. The van der Waals surface area contributed by atoms with Crippen molar-refractivity contribution in [2.24, 2.45) is 0 Å². The summed E-state index contributed by atoms with van der Waals surface area (Å²) in [5.41, 5.74) is 4.03. The summed E-state index contributed by atoms with van der Waals surface area (Å²) in [6, 6.07) is 17.7. The van der Waals surface area contributed by atoms with Gasteiger partial charge in [0.1, 0.15) is 10.8 Å². The number of carbonyl (C=O) groups is 1. The van der Waals surface area contributed by atoms with Gasteiger partial charge >= 0.3 is 0 Å². The van der Waals surface area contributed by atoms with Crippen LogP contribution in [0.1, 0.15) is 41.1 Å². The first-order valence-electron chi connectivity index (χ1n) is 10.7. The van der Waals surface area contributed by atoms with Gasteiger partial charge in [-0.15, -0.1) is 11.3 Å². The van der Waals surface area contributed by atoms with E-state index in [1.807, 2.05) is 30.3 Å². The molecule has 1 amide bonds.